The maximum absolute atomic E-state index is 12.0. The van der Waals surface area contributed by atoms with Gasteiger partial charge in [-0.3, -0.25) is 10.1 Å². The fraction of sp³-hybridized carbons (Fsp3) is 0.500. The maximum atomic E-state index is 12.0. The first-order chi connectivity index (χ1) is 9.59. The second-order valence-corrected chi connectivity index (χ2v) is 4.79. The molecule has 1 unspecified atom stereocenters. The van der Waals surface area contributed by atoms with Crippen molar-refractivity contribution in [3.05, 3.63) is 39.4 Å². The Balaban J connectivity index is 2.01. The third-order valence-corrected chi connectivity index (χ3v) is 3.40. The first-order valence-electron chi connectivity index (χ1n) is 6.62. The van der Waals surface area contributed by atoms with E-state index in [1.165, 1.54) is 18.2 Å². The van der Waals surface area contributed by atoms with Crippen molar-refractivity contribution in [1.82, 2.24) is 0 Å². The van der Waals surface area contributed by atoms with Gasteiger partial charge in [0.15, 0.2) is 0 Å². The van der Waals surface area contributed by atoms with Crippen LogP contribution in [0.2, 0.25) is 0 Å². The van der Waals surface area contributed by atoms with Crippen molar-refractivity contribution in [2.75, 3.05) is 13.2 Å². The van der Waals surface area contributed by atoms with Crippen LogP contribution in [0.1, 0.15) is 35.2 Å². The molecule has 0 spiro atoms. The smallest absolute Gasteiger partial charge is 0.338 e. The van der Waals surface area contributed by atoms with Crippen molar-refractivity contribution in [3.63, 3.8) is 0 Å². The number of carbonyl (C=O) groups is 1. The van der Waals surface area contributed by atoms with Crippen molar-refractivity contribution in [2.45, 2.75) is 32.3 Å². The summed E-state index contributed by atoms with van der Waals surface area (Å²) in [6, 6.07) is 4.39. The van der Waals surface area contributed by atoms with Crippen LogP contribution in [0.5, 0.6) is 0 Å². The summed E-state index contributed by atoms with van der Waals surface area (Å²) >= 11 is 0. The lowest BCUT2D eigenvalue weighted by atomic mass is 10.1. The zero-order valence-corrected chi connectivity index (χ0v) is 11.3. The molecule has 1 aromatic rings. The second-order valence-electron chi connectivity index (χ2n) is 4.79. The predicted molar refractivity (Wildman–Crippen MR) is 71.7 cm³/mol. The molecule has 6 heteroatoms. The molecule has 0 radical (unpaired) electrons. The average Bonchev–Trinajstić information content (AvgIpc) is 2.46. The number of nitrogens with zero attached hydrogens (tertiary/aromatic N) is 1. The number of esters is 1. The molecule has 2 rings (SSSR count). The largest absolute Gasteiger partial charge is 0.459 e. The Hall–Kier alpha value is -1.95. The van der Waals surface area contributed by atoms with E-state index in [2.05, 4.69) is 0 Å². The molecule has 1 aliphatic heterocycles. The zero-order chi connectivity index (χ0) is 14.5. The monoisotopic (exact) mass is 279 g/mol. The van der Waals surface area contributed by atoms with Crippen LogP contribution in [0.25, 0.3) is 0 Å². The Kier molecular flexibility index (Phi) is 4.68. The number of carbonyl (C=O) groups excluding carboxylic acids is 1. The summed E-state index contributed by atoms with van der Waals surface area (Å²) in [5.41, 5.74) is 0.482. The molecule has 0 bridgehead atoms. The van der Waals surface area contributed by atoms with E-state index in [0.717, 1.165) is 19.3 Å². The standard InChI is InChI=1S/C14H17NO5/c1-10-12(6-4-7-13(10)15(17)18)14(16)20-9-11-5-2-3-8-19-11/h4,6-7,11H,2-3,5,8-9H2,1H3. The van der Waals surface area contributed by atoms with Crippen molar-refractivity contribution in [1.29, 1.82) is 0 Å². The summed E-state index contributed by atoms with van der Waals surface area (Å²) < 4.78 is 10.7. The van der Waals surface area contributed by atoms with E-state index in [1.54, 1.807) is 6.92 Å². The number of rotatable bonds is 4. The van der Waals surface area contributed by atoms with Crippen molar-refractivity contribution in [2.24, 2.45) is 0 Å². The molecule has 1 aliphatic rings. The minimum absolute atomic E-state index is 0.0632. The molecular formula is C14H17NO5. The van der Waals surface area contributed by atoms with Crippen molar-refractivity contribution in [3.8, 4) is 0 Å². The van der Waals surface area contributed by atoms with Gasteiger partial charge in [-0.05, 0) is 32.3 Å². The molecule has 0 N–H and O–H groups in total. The van der Waals surface area contributed by atoms with Crippen LogP contribution < -0.4 is 0 Å². The maximum Gasteiger partial charge on any atom is 0.338 e. The lowest BCUT2D eigenvalue weighted by molar-refractivity contribution is -0.385. The Bertz CT molecular complexity index is 508. The summed E-state index contributed by atoms with van der Waals surface area (Å²) in [5, 5.41) is 10.8. The van der Waals surface area contributed by atoms with Crippen LogP contribution in [0.3, 0.4) is 0 Å². The van der Waals surface area contributed by atoms with Gasteiger partial charge in [0.25, 0.3) is 5.69 Å². The van der Waals surface area contributed by atoms with Crippen molar-refractivity contribution >= 4 is 11.7 Å². The van der Waals surface area contributed by atoms with Gasteiger partial charge in [-0.25, -0.2) is 4.79 Å². The molecular weight excluding hydrogens is 262 g/mol. The average molecular weight is 279 g/mol. The highest BCUT2D eigenvalue weighted by Gasteiger charge is 2.21. The van der Waals surface area contributed by atoms with Crippen LogP contribution >= 0.6 is 0 Å². The van der Waals surface area contributed by atoms with E-state index >= 15 is 0 Å². The molecule has 1 heterocycles. The van der Waals surface area contributed by atoms with Crippen molar-refractivity contribution < 1.29 is 19.2 Å². The Morgan fingerprint density at radius 3 is 2.95 bits per heavy atom. The summed E-state index contributed by atoms with van der Waals surface area (Å²) in [7, 11) is 0. The lowest BCUT2D eigenvalue weighted by Crippen LogP contribution is -2.26. The molecule has 1 aromatic carbocycles. The molecule has 0 saturated carbocycles. The molecule has 20 heavy (non-hydrogen) atoms. The van der Waals surface area contributed by atoms with Gasteiger partial charge in [-0.1, -0.05) is 6.07 Å². The molecule has 108 valence electrons. The van der Waals surface area contributed by atoms with Crippen LogP contribution in [-0.4, -0.2) is 30.2 Å². The fourth-order valence-corrected chi connectivity index (χ4v) is 2.23. The van der Waals surface area contributed by atoms with Crippen LogP contribution in [0.15, 0.2) is 18.2 Å². The third kappa shape index (κ3) is 3.33. The number of hydrogen-bond donors (Lipinski definition) is 0. The molecule has 0 amide bonds. The number of nitro groups is 1. The quantitative estimate of drug-likeness (QED) is 0.481. The Morgan fingerprint density at radius 2 is 2.30 bits per heavy atom. The van der Waals surface area contributed by atoms with E-state index in [0.29, 0.717) is 12.2 Å². The van der Waals surface area contributed by atoms with E-state index in [9.17, 15) is 14.9 Å². The van der Waals surface area contributed by atoms with Crippen LogP contribution in [0, 0.1) is 17.0 Å². The highest BCUT2D eigenvalue weighted by Crippen LogP contribution is 2.22. The molecule has 0 aliphatic carbocycles. The number of nitro benzene ring substituents is 1. The number of ether oxygens (including phenoxy) is 2. The summed E-state index contributed by atoms with van der Waals surface area (Å²) in [4.78, 5) is 22.3. The Morgan fingerprint density at radius 1 is 1.50 bits per heavy atom. The molecule has 0 aromatic heterocycles. The van der Waals surface area contributed by atoms with Gasteiger partial charge in [-0.2, -0.15) is 0 Å². The van der Waals surface area contributed by atoms with Crippen LogP contribution in [0.4, 0.5) is 5.69 Å². The summed E-state index contributed by atoms with van der Waals surface area (Å²) in [5.74, 6) is -0.541. The van der Waals surface area contributed by atoms with Gasteiger partial charge in [-0.15, -0.1) is 0 Å². The molecule has 1 fully saturated rings. The topological polar surface area (TPSA) is 78.7 Å². The first kappa shape index (κ1) is 14.5. The van der Waals surface area contributed by atoms with E-state index < -0.39 is 10.9 Å². The van der Waals surface area contributed by atoms with Gasteiger partial charge in [0, 0.05) is 18.2 Å². The molecule has 1 saturated heterocycles. The number of benzene rings is 1. The van der Waals surface area contributed by atoms with Gasteiger partial charge in [0.05, 0.1) is 16.6 Å². The lowest BCUT2D eigenvalue weighted by Gasteiger charge is -2.22. The minimum atomic E-state index is -0.541. The normalized spacial score (nSPS) is 18.6. The predicted octanol–water partition coefficient (Wildman–Crippen LogP) is 2.63. The third-order valence-electron chi connectivity index (χ3n) is 3.40. The molecule has 6 nitrogen and oxygen atoms in total. The first-order valence-corrected chi connectivity index (χ1v) is 6.62. The van der Waals surface area contributed by atoms with Gasteiger partial charge < -0.3 is 9.47 Å². The summed E-state index contributed by atoms with van der Waals surface area (Å²) in [6.45, 7) is 2.44. The van der Waals surface area contributed by atoms with Gasteiger partial charge >= 0.3 is 5.97 Å². The summed E-state index contributed by atoms with van der Waals surface area (Å²) in [6.07, 6.45) is 2.92. The van der Waals surface area contributed by atoms with E-state index in [1.807, 2.05) is 0 Å². The van der Waals surface area contributed by atoms with E-state index in [-0.39, 0.29) is 24.0 Å². The van der Waals surface area contributed by atoms with Crippen LogP contribution in [-0.2, 0) is 9.47 Å². The fourth-order valence-electron chi connectivity index (χ4n) is 2.23. The second kappa shape index (κ2) is 6.47. The molecule has 1 atom stereocenters. The zero-order valence-electron chi connectivity index (χ0n) is 11.3. The number of hydrogen-bond acceptors (Lipinski definition) is 5. The highest BCUT2D eigenvalue weighted by molar-refractivity contribution is 5.92. The van der Waals surface area contributed by atoms with Gasteiger partial charge in [0.1, 0.15) is 6.61 Å². The van der Waals surface area contributed by atoms with E-state index in [4.69, 9.17) is 9.47 Å². The highest BCUT2D eigenvalue weighted by atomic mass is 16.6. The SMILES string of the molecule is Cc1c(C(=O)OCC2CCCCO2)cccc1[N+](=O)[O-]. The van der Waals surface area contributed by atoms with Gasteiger partial charge in [0.2, 0.25) is 0 Å². The Labute approximate surface area is 116 Å². The minimum Gasteiger partial charge on any atom is -0.459 e.